The molecule has 0 spiro atoms. The Balaban J connectivity index is 2.17. The van der Waals surface area contributed by atoms with Crippen LogP contribution in [-0.2, 0) is 6.54 Å². The molecule has 16 heavy (non-hydrogen) atoms. The van der Waals surface area contributed by atoms with Crippen LogP contribution in [0.2, 0.25) is 0 Å². The molecule has 0 amide bonds. The predicted octanol–water partition coefficient (Wildman–Crippen LogP) is 0.303. The number of anilines is 1. The van der Waals surface area contributed by atoms with E-state index in [9.17, 15) is 0 Å². The molecule has 1 saturated heterocycles. The molecule has 1 fully saturated rings. The van der Waals surface area contributed by atoms with E-state index >= 15 is 0 Å². The highest BCUT2D eigenvalue weighted by Crippen LogP contribution is 2.24. The van der Waals surface area contributed by atoms with Crippen molar-refractivity contribution in [1.29, 1.82) is 5.41 Å². The lowest BCUT2D eigenvalue weighted by atomic mass is 10.1. The molecule has 0 aliphatic carbocycles. The van der Waals surface area contributed by atoms with E-state index in [1.807, 2.05) is 12.1 Å². The number of nitrogens with one attached hydrogen (secondary N) is 1. The second kappa shape index (κ2) is 4.49. The molecule has 1 atom stereocenters. The minimum absolute atomic E-state index is 0.160. The largest absolute Gasteiger partial charge is 0.387 e. The van der Waals surface area contributed by atoms with Gasteiger partial charge in [-0.1, -0.05) is 6.07 Å². The Kier molecular flexibility index (Phi) is 3.05. The van der Waals surface area contributed by atoms with Crippen LogP contribution in [0.1, 0.15) is 12.0 Å². The Morgan fingerprint density at radius 1 is 1.62 bits per heavy atom. The second-order valence-corrected chi connectivity index (χ2v) is 4.08. The molecule has 1 aromatic rings. The molecule has 0 bridgehead atoms. The monoisotopic (exact) mass is 219 g/mol. The minimum atomic E-state index is 0.160. The number of amidine groups is 1. The Bertz CT molecular complexity index is 390. The van der Waals surface area contributed by atoms with Gasteiger partial charge in [0.2, 0.25) is 0 Å². The van der Waals surface area contributed by atoms with Gasteiger partial charge in [0, 0.05) is 37.3 Å². The molecule has 5 nitrogen and oxygen atoms in total. The maximum atomic E-state index is 7.45. The van der Waals surface area contributed by atoms with Crippen LogP contribution >= 0.6 is 0 Å². The van der Waals surface area contributed by atoms with Crippen molar-refractivity contribution in [3.8, 4) is 0 Å². The van der Waals surface area contributed by atoms with E-state index in [0.717, 1.165) is 30.9 Å². The Labute approximate surface area is 95.0 Å². The van der Waals surface area contributed by atoms with Gasteiger partial charge in [-0.3, -0.25) is 5.41 Å². The van der Waals surface area contributed by atoms with Gasteiger partial charge in [-0.2, -0.15) is 0 Å². The SMILES string of the molecule is N=C(N)C1CCN(c2ncccc2CN)C1. The summed E-state index contributed by atoms with van der Waals surface area (Å²) >= 11 is 0. The fraction of sp³-hybridized carbons (Fsp3) is 0.455. The second-order valence-electron chi connectivity index (χ2n) is 4.08. The predicted molar refractivity (Wildman–Crippen MR) is 64.4 cm³/mol. The highest BCUT2D eigenvalue weighted by Gasteiger charge is 2.26. The highest BCUT2D eigenvalue weighted by molar-refractivity contribution is 5.81. The molecule has 2 rings (SSSR count). The molecule has 5 heteroatoms. The van der Waals surface area contributed by atoms with E-state index in [2.05, 4.69) is 9.88 Å². The van der Waals surface area contributed by atoms with Gasteiger partial charge < -0.3 is 16.4 Å². The number of nitrogens with zero attached hydrogens (tertiary/aromatic N) is 2. The summed E-state index contributed by atoms with van der Waals surface area (Å²) in [4.78, 5) is 6.52. The van der Waals surface area contributed by atoms with Crippen LogP contribution in [0.4, 0.5) is 5.82 Å². The van der Waals surface area contributed by atoms with Gasteiger partial charge in [-0.15, -0.1) is 0 Å². The Morgan fingerprint density at radius 2 is 2.44 bits per heavy atom. The van der Waals surface area contributed by atoms with Gasteiger partial charge in [0.05, 0.1) is 5.84 Å². The molecule has 1 unspecified atom stereocenters. The van der Waals surface area contributed by atoms with Crippen LogP contribution in [0.3, 0.4) is 0 Å². The first-order valence-electron chi connectivity index (χ1n) is 5.45. The quantitative estimate of drug-likeness (QED) is 0.503. The third-order valence-electron chi connectivity index (χ3n) is 3.02. The number of pyridine rings is 1. The number of nitrogens with two attached hydrogens (primary N) is 2. The summed E-state index contributed by atoms with van der Waals surface area (Å²) in [5, 5.41) is 7.45. The first-order chi connectivity index (χ1) is 7.72. The molecule has 0 radical (unpaired) electrons. The molecule has 0 saturated carbocycles. The van der Waals surface area contributed by atoms with Crippen molar-refractivity contribution >= 4 is 11.7 Å². The molecule has 0 aromatic carbocycles. The lowest BCUT2D eigenvalue weighted by molar-refractivity contribution is 0.769. The average Bonchev–Trinajstić information content (AvgIpc) is 2.78. The lowest BCUT2D eigenvalue weighted by Crippen LogP contribution is -2.28. The summed E-state index contributed by atoms with van der Waals surface area (Å²) < 4.78 is 0. The highest BCUT2D eigenvalue weighted by atomic mass is 15.2. The summed E-state index contributed by atoms with van der Waals surface area (Å²) in [5.74, 6) is 1.37. The standard InChI is InChI=1S/C11H17N5/c12-6-8-2-1-4-15-11(8)16-5-3-9(7-16)10(13)14/h1-2,4,9H,3,5-7,12H2,(H3,13,14). The van der Waals surface area contributed by atoms with E-state index in [1.165, 1.54) is 0 Å². The van der Waals surface area contributed by atoms with E-state index in [4.69, 9.17) is 16.9 Å². The van der Waals surface area contributed by atoms with Crippen LogP contribution in [0.25, 0.3) is 0 Å². The number of hydrogen-bond acceptors (Lipinski definition) is 4. The number of hydrogen-bond donors (Lipinski definition) is 3. The van der Waals surface area contributed by atoms with Gasteiger partial charge in [-0.25, -0.2) is 4.98 Å². The zero-order valence-electron chi connectivity index (χ0n) is 9.19. The van der Waals surface area contributed by atoms with Gasteiger partial charge in [0.15, 0.2) is 0 Å². The van der Waals surface area contributed by atoms with Crippen molar-refractivity contribution in [2.45, 2.75) is 13.0 Å². The van der Waals surface area contributed by atoms with Crippen molar-refractivity contribution in [3.63, 3.8) is 0 Å². The molecule has 1 aromatic heterocycles. The fourth-order valence-electron chi connectivity index (χ4n) is 2.08. The van der Waals surface area contributed by atoms with Crippen molar-refractivity contribution in [3.05, 3.63) is 23.9 Å². The van der Waals surface area contributed by atoms with Crippen LogP contribution in [0, 0.1) is 11.3 Å². The molecule has 2 heterocycles. The van der Waals surface area contributed by atoms with Crippen LogP contribution in [0.15, 0.2) is 18.3 Å². The van der Waals surface area contributed by atoms with Crippen LogP contribution in [0.5, 0.6) is 0 Å². The summed E-state index contributed by atoms with van der Waals surface area (Å²) in [5.41, 5.74) is 12.2. The van der Waals surface area contributed by atoms with E-state index in [1.54, 1.807) is 6.20 Å². The first kappa shape index (κ1) is 10.9. The summed E-state index contributed by atoms with van der Waals surface area (Å²) in [6.45, 7) is 2.16. The Morgan fingerprint density at radius 3 is 3.06 bits per heavy atom. The summed E-state index contributed by atoms with van der Waals surface area (Å²) in [7, 11) is 0. The lowest BCUT2D eigenvalue weighted by Gasteiger charge is -2.19. The zero-order chi connectivity index (χ0) is 11.5. The molecule has 5 N–H and O–H groups in total. The first-order valence-corrected chi connectivity index (χ1v) is 5.45. The van der Waals surface area contributed by atoms with Crippen LogP contribution < -0.4 is 16.4 Å². The molecular formula is C11H17N5. The summed E-state index contributed by atoms with van der Waals surface area (Å²) in [6, 6.07) is 3.88. The smallest absolute Gasteiger partial charge is 0.133 e. The van der Waals surface area contributed by atoms with Gasteiger partial charge >= 0.3 is 0 Å². The van der Waals surface area contributed by atoms with Gasteiger partial charge in [0.1, 0.15) is 5.82 Å². The van der Waals surface area contributed by atoms with E-state index in [0.29, 0.717) is 6.54 Å². The topological polar surface area (TPSA) is 92.0 Å². The number of rotatable bonds is 3. The third kappa shape index (κ3) is 1.99. The van der Waals surface area contributed by atoms with Gasteiger partial charge in [0.25, 0.3) is 0 Å². The maximum absolute atomic E-state index is 7.45. The van der Waals surface area contributed by atoms with E-state index in [-0.39, 0.29) is 11.8 Å². The normalized spacial score (nSPS) is 20.1. The Hall–Kier alpha value is -1.62. The average molecular weight is 219 g/mol. The third-order valence-corrected chi connectivity index (χ3v) is 3.02. The van der Waals surface area contributed by atoms with Crippen molar-refractivity contribution in [2.75, 3.05) is 18.0 Å². The zero-order valence-corrected chi connectivity index (χ0v) is 9.19. The van der Waals surface area contributed by atoms with Crippen molar-refractivity contribution in [2.24, 2.45) is 17.4 Å². The van der Waals surface area contributed by atoms with E-state index < -0.39 is 0 Å². The maximum Gasteiger partial charge on any atom is 0.133 e. The summed E-state index contributed by atoms with van der Waals surface area (Å²) in [6.07, 6.45) is 2.70. The minimum Gasteiger partial charge on any atom is -0.387 e. The number of aromatic nitrogens is 1. The molecule has 1 aliphatic rings. The van der Waals surface area contributed by atoms with Crippen molar-refractivity contribution < 1.29 is 0 Å². The van der Waals surface area contributed by atoms with Gasteiger partial charge in [-0.05, 0) is 12.5 Å². The van der Waals surface area contributed by atoms with Crippen molar-refractivity contribution in [1.82, 2.24) is 4.98 Å². The fourth-order valence-corrected chi connectivity index (χ4v) is 2.08. The van der Waals surface area contributed by atoms with Crippen LogP contribution in [-0.4, -0.2) is 23.9 Å². The molecular weight excluding hydrogens is 202 g/mol. The molecule has 86 valence electrons. The molecule has 1 aliphatic heterocycles.